The number of carbonyl (C=O) groups excluding carboxylic acids is 1. The molecule has 1 heterocycles. The fourth-order valence-electron chi connectivity index (χ4n) is 2.80. The van der Waals surface area contributed by atoms with Crippen molar-refractivity contribution in [2.24, 2.45) is 0 Å². The molecule has 10 heteroatoms. The molecule has 0 aliphatic carbocycles. The lowest BCUT2D eigenvalue weighted by atomic mass is 10.1. The van der Waals surface area contributed by atoms with Crippen LogP contribution in [0, 0.1) is 0 Å². The zero-order chi connectivity index (χ0) is 22.7. The minimum Gasteiger partial charge on any atom is -0.493 e. The second kappa shape index (κ2) is 10.0. The predicted molar refractivity (Wildman–Crippen MR) is 129 cm³/mol. The second-order valence-electron chi connectivity index (χ2n) is 6.48. The summed E-state index contributed by atoms with van der Waals surface area (Å²) in [6.45, 7) is 1.67. The SMILES string of the molecule is COc1cc(/C=C2\SC(=S)N(C(C)C(=O)O)C2=O)cc(Br)c1OCc1ccccc1Cl. The van der Waals surface area contributed by atoms with Crippen molar-refractivity contribution in [1.82, 2.24) is 4.90 Å². The highest BCUT2D eigenvalue weighted by Crippen LogP contribution is 2.40. The molecule has 0 radical (unpaired) electrons. The number of thiocarbonyl (C=S) groups is 1. The molecule has 1 aliphatic heterocycles. The number of amides is 1. The second-order valence-corrected chi connectivity index (χ2v) is 9.42. The van der Waals surface area contributed by atoms with Gasteiger partial charge in [-0.05, 0) is 52.7 Å². The highest BCUT2D eigenvalue weighted by Gasteiger charge is 2.38. The molecule has 2 aromatic rings. The van der Waals surface area contributed by atoms with Gasteiger partial charge < -0.3 is 14.6 Å². The Morgan fingerprint density at radius 2 is 2.10 bits per heavy atom. The van der Waals surface area contributed by atoms with Crippen molar-refractivity contribution < 1.29 is 24.2 Å². The van der Waals surface area contributed by atoms with E-state index in [1.807, 2.05) is 18.2 Å². The first kappa shape index (κ1) is 23.6. The number of methoxy groups -OCH3 is 1. The molecule has 1 saturated heterocycles. The lowest BCUT2D eigenvalue weighted by Crippen LogP contribution is -2.41. The molecule has 31 heavy (non-hydrogen) atoms. The van der Waals surface area contributed by atoms with Crippen LogP contribution in [0.15, 0.2) is 45.8 Å². The van der Waals surface area contributed by atoms with Crippen LogP contribution in [0.4, 0.5) is 0 Å². The summed E-state index contributed by atoms with van der Waals surface area (Å²) in [7, 11) is 1.52. The third-order valence-corrected chi connectivity index (χ3v) is 6.74. The van der Waals surface area contributed by atoms with Gasteiger partial charge in [0.15, 0.2) is 11.5 Å². The van der Waals surface area contributed by atoms with Gasteiger partial charge in [0.1, 0.15) is 17.0 Å². The van der Waals surface area contributed by atoms with Gasteiger partial charge in [-0.1, -0.05) is 53.8 Å². The lowest BCUT2D eigenvalue weighted by molar-refractivity contribution is -0.144. The Kier molecular flexibility index (Phi) is 7.64. The molecule has 0 spiro atoms. The Labute approximate surface area is 202 Å². The summed E-state index contributed by atoms with van der Waals surface area (Å²) in [5, 5.41) is 9.82. The third-order valence-electron chi connectivity index (χ3n) is 4.45. The maximum absolute atomic E-state index is 12.7. The summed E-state index contributed by atoms with van der Waals surface area (Å²) in [6, 6.07) is 9.84. The van der Waals surface area contributed by atoms with Crippen LogP contribution in [0.3, 0.4) is 0 Å². The van der Waals surface area contributed by atoms with Crippen molar-refractivity contribution in [2.75, 3.05) is 7.11 Å². The quantitative estimate of drug-likeness (QED) is 0.373. The van der Waals surface area contributed by atoms with Gasteiger partial charge in [-0.25, -0.2) is 4.79 Å². The number of nitrogens with zero attached hydrogens (tertiary/aromatic N) is 1. The van der Waals surface area contributed by atoms with Gasteiger partial charge in [-0.2, -0.15) is 0 Å². The van der Waals surface area contributed by atoms with E-state index in [1.165, 1.54) is 14.0 Å². The average molecular weight is 543 g/mol. The molecule has 1 N–H and O–H groups in total. The zero-order valence-corrected chi connectivity index (χ0v) is 20.4. The fourth-order valence-corrected chi connectivity index (χ4v) is 4.99. The molecule has 1 aliphatic rings. The number of ether oxygens (including phenoxy) is 2. The van der Waals surface area contributed by atoms with Crippen LogP contribution in [-0.2, 0) is 16.2 Å². The summed E-state index contributed by atoms with van der Waals surface area (Å²) in [6.07, 6.45) is 1.64. The molecule has 6 nitrogen and oxygen atoms in total. The summed E-state index contributed by atoms with van der Waals surface area (Å²) in [4.78, 5) is 25.4. The van der Waals surface area contributed by atoms with Gasteiger partial charge in [0.05, 0.1) is 16.5 Å². The smallest absolute Gasteiger partial charge is 0.326 e. The van der Waals surface area contributed by atoms with Crippen molar-refractivity contribution >= 4 is 73.8 Å². The van der Waals surface area contributed by atoms with E-state index in [-0.39, 0.29) is 10.9 Å². The molecular weight excluding hydrogens is 526 g/mol. The minimum absolute atomic E-state index is 0.205. The Bertz CT molecular complexity index is 1090. The number of halogens is 2. The van der Waals surface area contributed by atoms with Crippen LogP contribution < -0.4 is 9.47 Å². The number of carbonyl (C=O) groups is 2. The van der Waals surface area contributed by atoms with Gasteiger partial charge in [0, 0.05) is 10.6 Å². The topological polar surface area (TPSA) is 76.1 Å². The highest BCUT2D eigenvalue weighted by molar-refractivity contribution is 9.10. The summed E-state index contributed by atoms with van der Waals surface area (Å²) >= 11 is 15.9. The number of hydrogen-bond acceptors (Lipinski definition) is 6. The third kappa shape index (κ3) is 5.23. The van der Waals surface area contributed by atoms with E-state index in [9.17, 15) is 14.7 Å². The maximum Gasteiger partial charge on any atom is 0.326 e. The van der Waals surface area contributed by atoms with Crippen LogP contribution in [-0.4, -0.2) is 39.4 Å². The number of aliphatic carboxylic acids is 1. The zero-order valence-electron chi connectivity index (χ0n) is 16.4. The van der Waals surface area contributed by atoms with Crippen molar-refractivity contribution in [2.45, 2.75) is 19.6 Å². The maximum atomic E-state index is 12.7. The molecule has 1 unspecified atom stereocenters. The molecule has 3 rings (SSSR count). The molecular formula is C21H17BrClNO5S2. The van der Waals surface area contributed by atoms with E-state index in [0.717, 1.165) is 22.2 Å². The Morgan fingerprint density at radius 3 is 2.74 bits per heavy atom. The summed E-state index contributed by atoms with van der Waals surface area (Å²) in [5.74, 6) is -0.616. The van der Waals surface area contributed by atoms with Crippen LogP contribution >= 0.6 is 51.5 Å². The van der Waals surface area contributed by atoms with Gasteiger partial charge >= 0.3 is 5.97 Å². The van der Waals surface area contributed by atoms with E-state index in [0.29, 0.717) is 31.5 Å². The highest BCUT2D eigenvalue weighted by atomic mass is 79.9. The summed E-state index contributed by atoms with van der Waals surface area (Å²) < 4.78 is 12.2. The van der Waals surface area contributed by atoms with Gasteiger partial charge in [0.2, 0.25) is 0 Å². The molecule has 0 saturated carbocycles. The largest absolute Gasteiger partial charge is 0.493 e. The number of benzene rings is 2. The van der Waals surface area contributed by atoms with Crippen molar-refractivity contribution in [3.63, 3.8) is 0 Å². The minimum atomic E-state index is -1.12. The first-order chi connectivity index (χ1) is 14.7. The number of carboxylic acid groups (broad SMARTS) is 1. The summed E-state index contributed by atoms with van der Waals surface area (Å²) in [5.41, 5.74) is 1.50. The Hall–Kier alpha value is -2.07. The number of rotatable bonds is 7. The van der Waals surface area contributed by atoms with Crippen molar-refractivity contribution in [1.29, 1.82) is 0 Å². The van der Waals surface area contributed by atoms with E-state index in [1.54, 1.807) is 24.3 Å². The van der Waals surface area contributed by atoms with E-state index in [2.05, 4.69) is 15.9 Å². The number of carboxylic acids is 1. The number of hydrogen-bond donors (Lipinski definition) is 1. The molecule has 162 valence electrons. The number of thioether (sulfide) groups is 1. The molecule has 1 amide bonds. The molecule has 0 bridgehead atoms. The molecule has 0 aromatic heterocycles. The predicted octanol–water partition coefficient (Wildman–Crippen LogP) is 5.36. The molecule has 2 aromatic carbocycles. The van der Waals surface area contributed by atoms with Crippen LogP contribution in [0.25, 0.3) is 6.08 Å². The van der Waals surface area contributed by atoms with Crippen LogP contribution in [0.1, 0.15) is 18.1 Å². The van der Waals surface area contributed by atoms with E-state index < -0.39 is 17.9 Å². The van der Waals surface area contributed by atoms with Crippen molar-refractivity contribution in [3.8, 4) is 11.5 Å². The Morgan fingerprint density at radius 1 is 1.39 bits per heavy atom. The van der Waals surface area contributed by atoms with Gasteiger partial charge in [-0.3, -0.25) is 9.69 Å². The monoisotopic (exact) mass is 541 g/mol. The van der Waals surface area contributed by atoms with E-state index in [4.69, 9.17) is 33.3 Å². The first-order valence-corrected chi connectivity index (χ1v) is 11.4. The standard InChI is InChI=1S/C21H17BrClNO5S2/c1-11(20(26)27)24-19(25)17(31-21(24)30)9-12-7-14(22)18(16(8-12)28-2)29-10-13-5-3-4-6-15(13)23/h3-9,11H,10H2,1-2H3,(H,26,27)/b17-9-. The Balaban J connectivity index is 1.86. The first-order valence-electron chi connectivity index (χ1n) is 8.96. The van der Waals surface area contributed by atoms with Gasteiger partial charge in [0.25, 0.3) is 5.91 Å². The molecule has 1 fully saturated rings. The normalized spacial score (nSPS) is 16.0. The van der Waals surface area contributed by atoms with Crippen LogP contribution in [0.2, 0.25) is 5.02 Å². The van der Waals surface area contributed by atoms with Crippen molar-refractivity contribution in [3.05, 3.63) is 61.9 Å². The lowest BCUT2D eigenvalue weighted by Gasteiger charge is -2.18. The van der Waals surface area contributed by atoms with Gasteiger partial charge in [-0.15, -0.1) is 0 Å². The van der Waals surface area contributed by atoms with E-state index >= 15 is 0 Å². The van der Waals surface area contributed by atoms with Crippen LogP contribution in [0.5, 0.6) is 11.5 Å². The fraction of sp³-hybridized carbons (Fsp3) is 0.190. The molecule has 1 atom stereocenters. The average Bonchev–Trinajstić information content (AvgIpc) is 3.00.